The van der Waals surface area contributed by atoms with Gasteiger partial charge in [-0.3, -0.25) is 0 Å². The Balaban J connectivity index is 2.84. The molecule has 76 valence electrons. The number of rotatable bonds is 4. The first-order valence-electron chi connectivity index (χ1n) is 5.12. The van der Waals surface area contributed by atoms with Crippen LogP contribution >= 0.6 is 0 Å². The van der Waals surface area contributed by atoms with Gasteiger partial charge in [0.2, 0.25) is 0 Å². The fourth-order valence-corrected chi connectivity index (χ4v) is 1.47. The first-order valence-corrected chi connectivity index (χ1v) is 5.12. The van der Waals surface area contributed by atoms with Crippen LogP contribution in [0.3, 0.4) is 0 Å². The van der Waals surface area contributed by atoms with Gasteiger partial charge >= 0.3 is 0 Å². The normalized spacial score (nSPS) is 11.4. The molecule has 0 atom stereocenters. The average molecular weight is 190 g/mol. The Morgan fingerprint density at radius 3 is 2.64 bits per heavy atom. The lowest BCUT2D eigenvalue weighted by Gasteiger charge is -2.08. The predicted octanol–water partition coefficient (Wildman–Crippen LogP) is 3.21. The zero-order valence-corrected chi connectivity index (χ0v) is 8.90. The van der Waals surface area contributed by atoms with Crippen LogP contribution in [0.1, 0.15) is 37.3 Å². The molecule has 0 radical (unpaired) electrons. The van der Waals surface area contributed by atoms with Gasteiger partial charge in [0.1, 0.15) is 0 Å². The minimum absolute atomic E-state index is 0.223. The molecule has 0 aliphatic carbocycles. The molecule has 0 saturated heterocycles. The Morgan fingerprint density at radius 2 is 2.00 bits per heavy atom. The molecule has 14 heavy (non-hydrogen) atoms. The molecule has 1 N–H and O–H groups in total. The summed E-state index contributed by atoms with van der Waals surface area (Å²) in [7, 11) is 0. The molecule has 1 aromatic carbocycles. The molecule has 0 amide bonds. The summed E-state index contributed by atoms with van der Waals surface area (Å²) in [5, 5.41) is 8.67. The maximum atomic E-state index is 8.67. The van der Waals surface area contributed by atoms with Crippen LogP contribution in [0.25, 0.3) is 6.08 Å². The van der Waals surface area contributed by atoms with Gasteiger partial charge in [-0.25, -0.2) is 0 Å². The van der Waals surface area contributed by atoms with Gasteiger partial charge in [0.25, 0.3) is 0 Å². The van der Waals surface area contributed by atoms with Crippen LogP contribution in [-0.2, 0) is 0 Å². The average Bonchev–Trinajstić information content (AvgIpc) is 2.19. The molecule has 0 aliphatic rings. The third-order valence-corrected chi connectivity index (χ3v) is 2.21. The van der Waals surface area contributed by atoms with Gasteiger partial charge < -0.3 is 5.11 Å². The Morgan fingerprint density at radius 1 is 1.29 bits per heavy atom. The van der Waals surface area contributed by atoms with Crippen molar-refractivity contribution in [2.75, 3.05) is 6.61 Å². The number of aliphatic hydroxyl groups excluding tert-OH is 1. The first-order chi connectivity index (χ1) is 6.75. The molecular weight excluding hydrogens is 172 g/mol. The van der Waals surface area contributed by atoms with E-state index < -0.39 is 0 Å². The highest BCUT2D eigenvalue weighted by Crippen LogP contribution is 2.20. The maximum absolute atomic E-state index is 8.67. The SMILES string of the molecule is CC(C)c1ccccc1C=CCCO. The van der Waals surface area contributed by atoms with Crippen molar-refractivity contribution in [3.05, 3.63) is 41.5 Å². The van der Waals surface area contributed by atoms with E-state index >= 15 is 0 Å². The molecule has 1 nitrogen and oxygen atoms in total. The number of benzene rings is 1. The largest absolute Gasteiger partial charge is 0.396 e. The fraction of sp³-hybridized carbons (Fsp3) is 0.385. The molecule has 1 aromatic rings. The molecule has 0 saturated carbocycles. The minimum Gasteiger partial charge on any atom is -0.396 e. The van der Waals surface area contributed by atoms with Gasteiger partial charge in [-0.1, -0.05) is 50.3 Å². The lowest BCUT2D eigenvalue weighted by Crippen LogP contribution is -1.90. The zero-order chi connectivity index (χ0) is 10.4. The van der Waals surface area contributed by atoms with Crippen molar-refractivity contribution in [3.8, 4) is 0 Å². The van der Waals surface area contributed by atoms with Gasteiger partial charge in [0, 0.05) is 6.61 Å². The lowest BCUT2D eigenvalue weighted by atomic mass is 9.97. The van der Waals surface area contributed by atoms with Crippen LogP contribution in [-0.4, -0.2) is 11.7 Å². The van der Waals surface area contributed by atoms with Crippen LogP contribution in [0, 0.1) is 0 Å². The van der Waals surface area contributed by atoms with Gasteiger partial charge in [-0.2, -0.15) is 0 Å². The monoisotopic (exact) mass is 190 g/mol. The Labute approximate surface area is 86.1 Å². The van der Waals surface area contributed by atoms with Crippen molar-refractivity contribution < 1.29 is 5.11 Å². The van der Waals surface area contributed by atoms with Gasteiger partial charge in [-0.15, -0.1) is 0 Å². The highest BCUT2D eigenvalue weighted by molar-refractivity contribution is 5.54. The summed E-state index contributed by atoms with van der Waals surface area (Å²) in [5.74, 6) is 0.546. The summed E-state index contributed by atoms with van der Waals surface area (Å²) in [6.45, 7) is 4.61. The number of hydrogen-bond acceptors (Lipinski definition) is 1. The third kappa shape index (κ3) is 3.00. The van der Waals surface area contributed by atoms with Crippen LogP contribution in [0.4, 0.5) is 0 Å². The zero-order valence-electron chi connectivity index (χ0n) is 8.90. The summed E-state index contributed by atoms with van der Waals surface area (Å²) in [6, 6.07) is 8.38. The second kappa shape index (κ2) is 5.61. The van der Waals surface area contributed by atoms with Crippen LogP contribution in [0.15, 0.2) is 30.3 Å². The Hall–Kier alpha value is -1.08. The topological polar surface area (TPSA) is 20.2 Å². The smallest absolute Gasteiger partial charge is 0.0465 e. The molecule has 1 heteroatoms. The first kappa shape index (κ1) is 11.0. The Bertz CT molecular complexity index is 300. The highest BCUT2D eigenvalue weighted by Gasteiger charge is 2.01. The van der Waals surface area contributed by atoms with E-state index in [9.17, 15) is 0 Å². The van der Waals surface area contributed by atoms with Crippen LogP contribution in [0.5, 0.6) is 0 Å². The second-order valence-corrected chi connectivity index (χ2v) is 3.70. The van der Waals surface area contributed by atoms with Gasteiger partial charge in [0.05, 0.1) is 0 Å². The van der Waals surface area contributed by atoms with E-state index in [-0.39, 0.29) is 6.61 Å². The van der Waals surface area contributed by atoms with E-state index in [1.165, 1.54) is 11.1 Å². The standard InChI is InChI=1S/C13H18O/c1-11(2)13-9-4-3-7-12(13)8-5-6-10-14/h3-5,7-9,11,14H,6,10H2,1-2H3. The number of aliphatic hydroxyl groups is 1. The van der Waals surface area contributed by atoms with E-state index in [0.717, 1.165) is 6.42 Å². The van der Waals surface area contributed by atoms with Crippen molar-refractivity contribution in [2.24, 2.45) is 0 Å². The van der Waals surface area contributed by atoms with Crippen molar-refractivity contribution in [1.29, 1.82) is 0 Å². The lowest BCUT2D eigenvalue weighted by molar-refractivity contribution is 0.303. The van der Waals surface area contributed by atoms with E-state index in [1.807, 2.05) is 12.1 Å². The van der Waals surface area contributed by atoms with Gasteiger partial charge in [0.15, 0.2) is 0 Å². The van der Waals surface area contributed by atoms with E-state index in [0.29, 0.717) is 5.92 Å². The van der Waals surface area contributed by atoms with Crippen molar-refractivity contribution >= 4 is 6.08 Å². The molecule has 0 fully saturated rings. The van der Waals surface area contributed by atoms with Crippen LogP contribution in [0.2, 0.25) is 0 Å². The van der Waals surface area contributed by atoms with E-state index in [1.54, 1.807) is 0 Å². The highest BCUT2D eigenvalue weighted by atomic mass is 16.2. The maximum Gasteiger partial charge on any atom is 0.0465 e. The number of hydrogen-bond donors (Lipinski definition) is 1. The molecule has 0 spiro atoms. The summed E-state index contributed by atoms with van der Waals surface area (Å²) >= 11 is 0. The summed E-state index contributed by atoms with van der Waals surface area (Å²) in [6.07, 6.45) is 4.83. The summed E-state index contributed by atoms with van der Waals surface area (Å²) < 4.78 is 0. The van der Waals surface area contributed by atoms with E-state index in [4.69, 9.17) is 5.11 Å². The summed E-state index contributed by atoms with van der Waals surface area (Å²) in [4.78, 5) is 0. The molecule has 0 aliphatic heterocycles. The van der Waals surface area contributed by atoms with Gasteiger partial charge in [-0.05, 0) is 23.5 Å². The van der Waals surface area contributed by atoms with E-state index in [2.05, 4.69) is 38.1 Å². The van der Waals surface area contributed by atoms with Crippen molar-refractivity contribution in [3.63, 3.8) is 0 Å². The molecular formula is C13H18O. The quantitative estimate of drug-likeness (QED) is 0.773. The molecule has 0 aromatic heterocycles. The molecule has 0 unspecified atom stereocenters. The summed E-state index contributed by atoms with van der Waals surface area (Å²) in [5.41, 5.74) is 2.62. The molecule has 0 heterocycles. The van der Waals surface area contributed by atoms with Crippen molar-refractivity contribution in [2.45, 2.75) is 26.2 Å². The third-order valence-electron chi connectivity index (χ3n) is 2.21. The predicted molar refractivity (Wildman–Crippen MR) is 61.3 cm³/mol. The fourth-order valence-electron chi connectivity index (χ4n) is 1.47. The Kier molecular flexibility index (Phi) is 4.41. The molecule has 1 rings (SSSR count). The minimum atomic E-state index is 0.223. The molecule has 0 bridgehead atoms. The second-order valence-electron chi connectivity index (χ2n) is 3.70. The van der Waals surface area contributed by atoms with Crippen molar-refractivity contribution in [1.82, 2.24) is 0 Å². The van der Waals surface area contributed by atoms with Crippen LogP contribution < -0.4 is 0 Å².